The molecule has 1 heteroatoms. The van der Waals surface area contributed by atoms with Gasteiger partial charge in [-0.05, 0) is 51.0 Å². The highest BCUT2D eigenvalue weighted by atomic mass is 19.1. The molecule has 0 radical (unpaired) electrons. The normalized spacial score (nSPS) is 13.6. The van der Waals surface area contributed by atoms with Crippen LogP contribution in [0.5, 0.6) is 0 Å². The van der Waals surface area contributed by atoms with Crippen LogP contribution in [0.4, 0.5) is 4.39 Å². The average molecular weight is 335 g/mol. The molecule has 0 aromatic heterocycles. The topological polar surface area (TPSA) is 0 Å². The molecule has 1 saturated carbocycles. The quantitative estimate of drug-likeness (QED) is 0.270. The van der Waals surface area contributed by atoms with E-state index < -0.39 is 0 Å². The van der Waals surface area contributed by atoms with Crippen molar-refractivity contribution in [2.75, 3.05) is 0 Å². The van der Waals surface area contributed by atoms with Crippen LogP contribution in [0.1, 0.15) is 81.1 Å². The van der Waals surface area contributed by atoms with Crippen LogP contribution in [0.2, 0.25) is 0 Å². The summed E-state index contributed by atoms with van der Waals surface area (Å²) in [5.74, 6) is 4.87. The van der Waals surface area contributed by atoms with Gasteiger partial charge in [-0.1, -0.05) is 71.8 Å². The monoisotopic (exact) mass is 334 g/mol. The molecule has 0 bridgehead atoms. The molecular weight excluding hydrogens is 295 g/mol. The van der Waals surface area contributed by atoms with Crippen molar-refractivity contribution in [2.45, 2.75) is 81.1 Å². The maximum Gasteiger partial charge on any atom is 0.138 e. The Hall–Kier alpha value is -1.55. The minimum Gasteiger partial charge on any atom is -0.206 e. The molecule has 0 N–H and O–H groups in total. The van der Waals surface area contributed by atoms with Gasteiger partial charge in [0.05, 0.1) is 5.57 Å². The van der Waals surface area contributed by atoms with E-state index >= 15 is 0 Å². The van der Waals surface area contributed by atoms with Gasteiger partial charge in [-0.2, -0.15) is 0 Å². The van der Waals surface area contributed by atoms with Crippen LogP contribution in [-0.2, 0) is 0 Å². The van der Waals surface area contributed by atoms with Crippen LogP contribution in [0, 0.1) is 17.3 Å². The summed E-state index contributed by atoms with van der Waals surface area (Å²) < 4.78 is 13.2. The van der Waals surface area contributed by atoms with E-state index in [0.29, 0.717) is 5.41 Å². The molecule has 0 amide bonds. The lowest BCUT2D eigenvalue weighted by molar-refractivity contribution is 0.584. The first-order chi connectivity index (χ1) is 11.3. The van der Waals surface area contributed by atoms with E-state index in [4.69, 9.17) is 0 Å². The highest BCUT2D eigenvalue weighted by Gasteiger charge is 2.35. The molecular formula is C23H39F. The molecule has 1 rings (SSSR count). The zero-order valence-electron chi connectivity index (χ0n) is 17.4. The molecule has 0 aromatic carbocycles. The van der Waals surface area contributed by atoms with Gasteiger partial charge >= 0.3 is 0 Å². The molecule has 0 aliphatic heterocycles. The van der Waals surface area contributed by atoms with Crippen LogP contribution in [-0.4, -0.2) is 0 Å². The second kappa shape index (κ2) is 17.8. The Morgan fingerprint density at radius 3 is 1.96 bits per heavy atom. The summed E-state index contributed by atoms with van der Waals surface area (Å²) in [5.41, 5.74) is 1.99. The van der Waals surface area contributed by atoms with E-state index in [1.165, 1.54) is 24.5 Å². The predicted octanol–water partition coefficient (Wildman–Crippen LogP) is 8.19. The number of hydrogen-bond donors (Lipinski definition) is 0. The summed E-state index contributed by atoms with van der Waals surface area (Å²) in [6, 6.07) is 0. The van der Waals surface area contributed by atoms with Crippen LogP contribution < -0.4 is 0 Å². The second-order valence-electron chi connectivity index (χ2n) is 5.62. The van der Waals surface area contributed by atoms with Crippen LogP contribution >= 0.6 is 0 Å². The summed E-state index contributed by atoms with van der Waals surface area (Å²) >= 11 is 0. The van der Waals surface area contributed by atoms with Crippen molar-refractivity contribution >= 4 is 0 Å². The van der Waals surface area contributed by atoms with E-state index in [-0.39, 0.29) is 11.4 Å². The maximum absolute atomic E-state index is 13.2. The van der Waals surface area contributed by atoms with Crippen LogP contribution in [0.3, 0.4) is 0 Å². The smallest absolute Gasteiger partial charge is 0.138 e. The number of hydrogen-bond acceptors (Lipinski definition) is 0. The third kappa shape index (κ3) is 18.5. The van der Waals surface area contributed by atoms with Crippen molar-refractivity contribution < 1.29 is 4.39 Å². The van der Waals surface area contributed by atoms with E-state index in [9.17, 15) is 4.39 Å². The Balaban J connectivity index is -0.000000413. The van der Waals surface area contributed by atoms with Crippen molar-refractivity contribution in [1.82, 2.24) is 0 Å². The van der Waals surface area contributed by atoms with Gasteiger partial charge in [-0.3, -0.25) is 0 Å². The third-order valence-corrected chi connectivity index (χ3v) is 3.26. The maximum atomic E-state index is 13.2. The van der Waals surface area contributed by atoms with E-state index in [1.54, 1.807) is 13.0 Å². The van der Waals surface area contributed by atoms with E-state index in [1.807, 2.05) is 40.7 Å². The molecule has 1 fully saturated rings. The lowest BCUT2D eigenvalue weighted by atomic mass is 10.1. The minimum atomic E-state index is -0.346. The molecule has 0 heterocycles. The van der Waals surface area contributed by atoms with Gasteiger partial charge in [-0.15, -0.1) is 12.5 Å². The Labute approximate surface area is 151 Å². The lowest BCUT2D eigenvalue weighted by Crippen LogP contribution is -1.87. The molecule has 24 heavy (non-hydrogen) atoms. The SMILES string of the molecule is C=C(C#CC)/C(F)=C\C=C/CC1(C)CC1.C=C(C)CC.CC.CC. The molecule has 0 nitrogen and oxygen atoms in total. The van der Waals surface area contributed by atoms with Crippen molar-refractivity contribution in [3.63, 3.8) is 0 Å². The van der Waals surface area contributed by atoms with Gasteiger partial charge in [0.1, 0.15) is 5.83 Å². The summed E-state index contributed by atoms with van der Waals surface area (Å²) in [7, 11) is 0. The Kier molecular flexibility index (Phi) is 20.2. The highest BCUT2D eigenvalue weighted by molar-refractivity contribution is 5.40. The first kappa shape index (κ1) is 27.3. The van der Waals surface area contributed by atoms with Crippen LogP contribution in [0.25, 0.3) is 0 Å². The molecule has 0 spiro atoms. The number of halogens is 1. The van der Waals surface area contributed by atoms with E-state index in [2.05, 4.69) is 38.8 Å². The lowest BCUT2D eigenvalue weighted by Gasteiger charge is -2.00. The highest BCUT2D eigenvalue weighted by Crippen LogP contribution is 2.48. The molecule has 0 saturated heterocycles. The van der Waals surface area contributed by atoms with Crippen LogP contribution in [0.15, 0.2) is 48.4 Å². The van der Waals surface area contributed by atoms with Crippen molar-refractivity contribution in [3.8, 4) is 11.8 Å². The molecule has 1 aliphatic carbocycles. The molecule has 138 valence electrons. The number of allylic oxidation sites excluding steroid dienone is 6. The zero-order chi connectivity index (χ0) is 19.6. The Morgan fingerprint density at radius 2 is 1.62 bits per heavy atom. The van der Waals surface area contributed by atoms with Gasteiger partial charge in [0.2, 0.25) is 0 Å². The standard InChI is InChI=1S/C14H17F.C5H10.2C2H6/c1-4-7-12(2)13(15)8-5-6-9-14(3)10-11-14;1-4-5(2)3;2*1-2/h5-6,8H,2,9-11H2,1,3H3;2,4H2,1,3H3;2*1-2H3/b6-5-,13-8+;;;. The summed E-state index contributed by atoms with van der Waals surface area (Å²) in [6.45, 7) is 23.3. The summed E-state index contributed by atoms with van der Waals surface area (Å²) in [4.78, 5) is 0. The van der Waals surface area contributed by atoms with Gasteiger partial charge in [-0.25, -0.2) is 4.39 Å². The summed E-state index contributed by atoms with van der Waals surface area (Å²) in [6.07, 6.45) is 9.91. The van der Waals surface area contributed by atoms with Gasteiger partial charge in [0.25, 0.3) is 0 Å². The zero-order valence-corrected chi connectivity index (χ0v) is 17.4. The largest absolute Gasteiger partial charge is 0.206 e. The fourth-order valence-electron chi connectivity index (χ4n) is 1.23. The van der Waals surface area contributed by atoms with Crippen molar-refractivity contribution in [3.05, 3.63) is 48.4 Å². The van der Waals surface area contributed by atoms with Gasteiger partial charge in [0.15, 0.2) is 0 Å². The Morgan fingerprint density at radius 1 is 1.17 bits per heavy atom. The van der Waals surface area contributed by atoms with Crippen molar-refractivity contribution in [2.24, 2.45) is 5.41 Å². The first-order valence-corrected chi connectivity index (χ1v) is 9.13. The molecule has 0 atom stereocenters. The molecule has 0 unspecified atom stereocenters. The predicted molar refractivity (Wildman–Crippen MR) is 111 cm³/mol. The fourth-order valence-corrected chi connectivity index (χ4v) is 1.23. The average Bonchev–Trinajstić information content (AvgIpc) is 3.33. The third-order valence-electron chi connectivity index (χ3n) is 3.26. The molecule has 1 aliphatic rings. The van der Waals surface area contributed by atoms with Gasteiger partial charge < -0.3 is 0 Å². The fraction of sp³-hybridized carbons (Fsp3) is 0.565. The molecule has 0 aromatic rings. The van der Waals surface area contributed by atoms with E-state index in [0.717, 1.165) is 12.8 Å². The van der Waals surface area contributed by atoms with Gasteiger partial charge in [0, 0.05) is 0 Å². The first-order valence-electron chi connectivity index (χ1n) is 9.13. The minimum absolute atomic E-state index is 0.250. The Bertz CT molecular complexity index is 448. The second-order valence-corrected chi connectivity index (χ2v) is 5.62. The number of rotatable bonds is 5. The van der Waals surface area contributed by atoms with Crippen molar-refractivity contribution in [1.29, 1.82) is 0 Å². The summed E-state index contributed by atoms with van der Waals surface area (Å²) in [5, 5.41) is 0.